The topological polar surface area (TPSA) is 45.2 Å². The molecule has 0 bridgehead atoms. The maximum atomic E-state index is 13.2. The average molecular weight is 299 g/mol. The lowest BCUT2D eigenvalue weighted by Crippen LogP contribution is -2.24. The fraction of sp³-hybridized carbons (Fsp3) is 0.429. The summed E-state index contributed by atoms with van der Waals surface area (Å²) in [5.74, 6) is -0.501. The Hall–Kier alpha value is -1.89. The highest BCUT2D eigenvalue weighted by Crippen LogP contribution is 2.35. The number of hydrogen-bond donors (Lipinski definition) is 1. The third kappa shape index (κ3) is 3.41. The number of nitrogens with one attached hydrogen (secondary N) is 1. The number of carbonyl (C=O) groups is 1. The van der Waals surface area contributed by atoms with E-state index in [9.17, 15) is 18.0 Å². The third-order valence-electron chi connectivity index (χ3n) is 3.21. The van der Waals surface area contributed by atoms with Crippen LogP contribution in [0.4, 0.5) is 13.2 Å². The Kier molecular flexibility index (Phi) is 4.32. The van der Waals surface area contributed by atoms with Crippen LogP contribution in [0, 0.1) is 0 Å². The summed E-state index contributed by atoms with van der Waals surface area (Å²) < 4.78 is 39.7. The van der Waals surface area contributed by atoms with E-state index >= 15 is 0 Å². The minimum absolute atomic E-state index is 0.0643. The summed E-state index contributed by atoms with van der Waals surface area (Å²) in [5.41, 5.74) is -0.446. The molecule has 1 aromatic rings. The zero-order valence-electron chi connectivity index (χ0n) is 11.8. The van der Waals surface area contributed by atoms with E-state index in [4.69, 9.17) is 0 Å². The van der Waals surface area contributed by atoms with Gasteiger partial charge in [-0.15, -0.1) is 0 Å². The van der Waals surface area contributed by atoms with Gasteiger partial charge >= 0.3 is 6.18 Å². The van der Waals surface area contributed by atoms with Crippen LogP contribution in [-0.4, -0.2) is 43.0 Å². The first-order chi connectivity index (χ1) is 9.80. The molecule has 7 heteroatoms. The summed E-state index contributed by atoms with van der Waals surface area (Å²) in [5, 5.41) is 3.04. The largest absolute Gasteiger partial charge is 0.418 e. The number of aromatic nitrogens is 1. The first kappa shape index (κ1) is 15.5. The number of pyridine rings is 1. The molecule has 0 fully saturated rings. The van der Waals surface area contributed by atoms with Gasteiger partial charge in [-0.1, -0.05) is 6.08 Å². The molecule has 0 saturated carbocycles. The number of carbonyl (C=O) groups excluding carboxylic acids is 1. The average Bonchev–Trinajstić information content (AvgIpc) is 2.45. The summed E-state index contributed by atoms with van der Waals surface area (Å²) in [6.07, 6.45) is -1.15. The summed E-state index contributed by atoms with van der Waals surface area (Å²) in [6.45, 7) is 1.13. The van der Waals surface area contributed by atoms with E-state index in [0.29, 0.717) is 25.1 Å². The first-order valence-electron chi connectivity index (χ1n) is 6.49. The smallest absolute Gasteiger partial charge is 0.345 e. The van der Waals surface area contributed by atoms with Gasteiger partial charge in [-0.25, -0.2) is 0 Å². The van der Waals surface area contributed by atoms with Crippen molar-refractivity contribution in [1.29, 1.82) is 0 Å². The van der Waals surface area contributed by atoms with Crippen molar-refractivity contribution in [3.8, 4) is 0 Å². The second kappa shape index (κ2) is 5.85. The highest BCUT2D eigenvalue weighted by molar-refractivity contribution is 5.94. The van der Waals surface area contributed by atoms with Crippen LogP contribution in [-0.2, 0) is 6.18 Å². The van der Waals surface area contributed by atoms with Gasteiger partial charge in [0.05, 0.1) is 16.8 Å². The molecule has 0 radical (unpaired) electrons. The van der Waals surface area contributed by atoms with Crippen molar-refractivity contribution in [2.75, 3.05) is 27.2 Å². The molecule has 1 aliphatic heterocycles. The summed E-state index contributed by atoms with van der Waals surface area (Å²) in [6, 6.07) is 0.882. The van der Waals surface area contributed by atoms with Gasteiger partial charge in [0.1, 0.15) is 0 Å². The van der Waals surface area contributed by atoms with Crippen LogP contribution in [0.2, 0.25) is 0 Å². The quantitative estimate of drug-likeness (QED) is 0.910. The standard InChI is InChI=1S/C14H16F3N3O/c1-20(2)13(21)10-7-11(14(15,16)17)12(19-8-10)9-3-5-18-6-4-9/h3,7-8,18H,4-6H2,1-2H3. The van der Waals surface area contributed by atoms with Gasteiger partial charge in [-0.3, -0.25) is 9.78 Å². The van der Waals surface area contributed by atoms with E-state index in [-0.39, 0.29) is 11.3 Å². The van der Waals surface area contributed by atoms with Crippen LogP contribution >= 0.6 is 0 Å². The highest BCUT2D eigenvalue weighted by Gasteiger charge is 2.36. The second-order valence-corrected chi connectivity index (χ2v) is 5.00. The fourth-order valence-corrected chi connectivity index (χ4v) is 2.15. The van der Waals surface area contributed by atoms with Crippen LogP contribution in [0.3, 0.4) is 0 Å². The van der Waals surface area contributed by atoms with Crippen molar-refractivity contribution in [3.05, 3.63) is 35.2 Å². The molecule has 1 aliphatic rings. The molecule has 4 nitrogen and oxygen atoms in total. The molecular formula is C14H16F3N3O. The lowest BCUT2D eigenvalue weighted by molar-refractivity contribution is -0.138. The van der Waals surface area contributed by atoms with Crippen molar-refractivity contribution in [2.24, 2.45) is 0 Å². The van der Waals surface area contributed by atoms with Gasteiger partial charge < -0.3 is 10.2 Å². The molecule has 0 spiro atoms. The zero-order chi connectivity index (χ0) is 15.6. The number of hydrogen-bond acceptors (Lipinski definition) is 3. The number of alkyl halides is 3. The molecule has 21 heavy (non-hydrogen) atoms. The van der Waals surface area contributed by atoms with Crippen molar-refractivity contribution in [3.63, 3.8) is 0 Å². The minimum atomic E-state index is -4.54. The summed E-state index contributed by atoms with van der Waals surface area (Å²) in [4.78, 5) is 16.9. The Labute approximate surface area is 120 Å². The molecule has 1 aromatic heterocycles. The SMILES string of the molecule is CN(C)C(=O)c1cnc(C2=CCNCC2)c(C(F)(F)F)c1. The van der Waals surface area contributed by atoms with Gasteiger partial charge in [-0.05, 0) is 24.6 Å². The van der Waals surface area contributed by atoms with Gasteiger partial charge in [0.2, 0.25) is 0 Å². The maximum absolute atomic E-state index is 13.2. The van der Waals surface area contributed by atoms with Gasteiger partial charge in [0.15, 0.2) is 0 Å². The normalized spacial score (nSPS) is 15.6. The van der Waals surface area contributed by atoms with Crippen molar-refractivity contribution in [2.45, 2.75) is 12.6 Å². The van der Waals surface area contributed by atoms with Crippen molar-refractivity contribution < 1.29 is 18.0 Å². The minimum Gasteiger partial charge on any atom is -0.345 e. The van der Waals surface area contributed by atoms with Crippen LogP contribution < -0.4 is 5.32 Å². The van der Waals surface area contributed by atoms with Crippen LogP contribution in [0.25, 0.3) is 5.57 Å². The summed E-state index contributed by atoms with van der Waals surface area (Å²) in [7, 11) is 2.97. The van der Waals surface area contributed by atoms with E-state index in [2.05, 4.69) is 10.3 Å². The van der Waals surface area contributed by atoms with Crippen LogP contribution in [0.5, 0.6) is 0 Å². The Morgan fingerprint density at radius 3 is 2.62 bits per heavy atom. The van der Waals surface area contributed by atoms with Crippen molar-refractivity contribution in [1.82, 2.24) is 15.2 Å². The molecule has 0 aromatic carbocycles. The molecule has 1 N–H and O–H groups in total. The molecule has 114 valence electrons. The Morgan fingerprint density at radius 2 is 2.10 bits per heavy atom. The Morgan fingerprint density at radius 1 is 1.38 bits per heavy atom. The molecule has 0 saturated heterocycles. The zero-order valence-corrected chi connectivity index (χ0v) is 11.8. The fourth-order valence-electron chi connectivity index (χ4n) is 2.15. The highest BCUT2D eigenvalue weighted by atomic mass is 19.4. The molecule has 1 amide bonds. The predicted molar refractivity (Wildman–Crippen MR) is 72.7 cm³/mol. The number of nitrogens with zero attached hydrogens (tertiary/aromatic N) is 2. The molecule has 2 rings (SSSR count). The molecule has 0 atom stereocenters. The van der Waals surface area contributed by atoms with Gasteiger partial charge in [0, 0.05) is 26.8 Å². The van der Waals surface area contributed by atoms with E-state index in [0.717, 1.165) is 6.07 Å². The lowest BCUT2D eigenvalue weighted by atomic mass is 9.99. The second-order valence-electron chi connectivity index (χ2n) is 5.00. The van der Waals surface area contributed by atoms with Gasteiger partial charge in [0.25, 0.3) is 5.91 Å². The Bertz CT molecular complexity index is 579. The number of halogens is 3. The lowest BCUT2D eigenvalue weighted by Gasteiger charge is -2.19. The molecule has 0 unspecified atom stereocenters. The van der Waals surface area contributed by atoms with Crippen LogP contribution in [0.1, 0.15) is 28.0 Å². The predicted octanol–water partition coefficient (Wildman–Crippen LogP) is 2.18. The molecule has 2 heterocycles. The number of amides is 1. The van der Waals surface area contributed by atoms with E-state index in [1.54, 1.807) is 6.08 Å². The first-order valence-corrected chi connectivity index (χ1v) is 6.49. The van der Waals surface area contributed by atoms with Crippen molar-refractivity contribution >= 4 is 11.5 Å². The Balaban J connectivity index is 2.51. The van der Waals surface area contributed by atoms with E-state index < -0.39 is 17.6 Å². The van der Waals surface area contributed by atoms with E-state index in [1.807, 2.05) is 0 Å². The summed E-state index contributed by atoms with van der Waals surface area (Å²) >= 11 is 0. The maximum Gasteiger partial charge on any atom is 0.418 e. The number of rotatable bonds is 2. The van der Waals surface area contributed by atoms with E-state index in [1.165, 1.54) is 25.2 Å². The molecular weight excluding hydrogens is 283 g/mol. The van der Waals surface area contributed by atoms with Gasteiger partial charge in [-0.2, -0.15) is 13.2 Å². The molecule has 0 aliphatic carbocycles. The third-order valence-corrected chi connectivity index (χ3v) is 3.21. The van der Waals surface area contributed by atoms with Crippen LogP contribution in [0.15, 0.2) is 18.3 Å². The monoisotopic (exact) mass is 299 g/mol.